The molecule has 4 rings (SSSR count). The van der Waals surface area contributed by atoms with E-state index in [1.54, 1.807) is 23.0 Å². The molecule has 186 valence electrons. The summed E-state index contributed by atoms with van der Waals surface area (Å²) < 4.78 is 21.6. The largest absolute Gasteiger partial charge is 0.447 e. The van der Waals surface area contributed by atoms with E-state index in [-0.39, 0.29) is 41.8 Å². The summed E-state index contributed by atoms with van der Waals surface area (Å²) >= 11 is 5.96. The summed E-state index contributed by atoms with van der Waals surface area (Å²) in [6, 6.07) is 7.97. The predicted molar refractivity (Wildman–Crippen MR) is 133 cm³/mol. The molecule has 1 aliphatic heterocycles. The van der Waals surface area contributed by atoms with Crippen molar-refractivity contribution in [3.8, 4) is 5.69 Å². The van der Waals surface area contributed by atoms with Crippen molar-refractivity contribution in [3.05, 3.63) is 59.3 Å². The molecule has 1 saturated heterocycles. The van der Waals surface area contributed by atoms with Crippen LogP contribution >= 0.6 is 11.6 Å². The standard InChI is InChI=1S/C25H30ClFN6O2/c1-15(11-25(3,4)5)20-14-35-24(34)33(20)22-10-21(27)30-23(31-22)29-16(2)17-12-28-32(13-17)19-8-6-18(26)7-9-19/h6-10,12-13,15-16,20H,11,14H2,1-5H3,(H,29,30,31)/t15-,16-,20+/m0/s1. The van der Waals surface area contributed by atoms with Crippen molar-refractivity contribution >= 4 is 29.5 Å². The first-order valence-electron chi connectivity index (χ1n) is 11.6. The number of amides is 1. The molecule has 1 N–H and O–H groups in total. The number of anilines is 2. The van der Waals surface area contributed by atoms with Gasteiger partial charge in [0.25, 0.3) is 0 Å². The van der Waals surface area contributed by atoms with E-state index in [2.05, 4.69) is 48.1 Å². The fourth-order valence-corrected chi connectivity index (χ4v) is 4.51. The van der Waals surface area contributed by atoms with Gasteiger partial charge in [0, 0.05) is 22.8 Å². The number of ether oxygens (including phenoxy) is 1. The molecule has 0 unspecified atom stereocenters. The Hall–Kier alpha value is -3.20. The molecule has 3 heterocycles. The van der Waals surface area contributed by atoms with Crippen molar-refractivity contribution in [1.82, 2.24) is 19.7 Å². The maximum Gasteiger partial charge on any atom is 0.415 e. The molecule has 0 spiro atoms. The second kappa shape index (κ2) is 9.81. The van der Waals surface area contributed by atoms with Gasteiger partial charge < -0.3 is 10.1 Å². The number of nitrogens with one attached hydrogen (secondary N) is 1. The average Bonchev–Trinajstić information content (AvgIpc) is 3.40. The molecular formula is C25H30ClFN6O2. The number of hydrogen-bond donors (Lipinski definition) is 1. The van der Waals surface area contributed by atoms with Crippen LogP contribution in [0.25, 0.3) is 5.69 Å². The number of cyclic esters (lactones) is 1. The van der Waals surface area contributed by atoms with Crippen molar-refractivity contribution in [3.63, 3.8) is 0 Å². The van der Waals surface area contributed by atoms with Crippen molar-refractivity contribution in [2.75, 3.05) is 16.8 Å². The lowest BCUT2D eigenvalue weighted by Gasteiger charge is -2.30. The normalized spacial score (nSPS) is 17.9. The molecule has 10 heteroatoms. The van der Waals surface area contributed by atoms with E-state index in [1.807, 2.05) is 25.3 Å². The number of benzene rings is 1. The number of carbonyl (C=O) groups is 1. The number of rotatable bonds is 7. The molecule has 0 saturated carbocycles. The van der Waals surface area contributed by atoms with Crippen LogP contribution in [0.1, 0.15) is 52.6 Å². The molecule has 1 amide bonds. The number of hydrogen-bond acceptors (Lipinski definition) is 6. The van der Waals surface area contributed by atoms with Gasteiger partial charge in [-0.15, -0.1) is 0 Å². The molecule has 3 aromatic rings. The molecule has 0 aliphatic carbocycles. The first-order valence-corrected chi connectivity index (χ1v) is 12.0. The summed E-state index contributed by atoms with van der Waals surface area (Å²) in [4.78, 5) is 22.3. The lowest BCUT2D eigenvalue weighted by Crippen LogP contribution is -2.40. The maximum atomic E-state index is 14.5. The van der Waals surface area contributed by atoms with E-state index < -0.39 is 12.0 Å². The number of halogens is 2. The zero-order valence-electron chi connectivity index (χ0n) is 20.5. The number of nitrogens with zero attached hydrogens (tertiary/aromatic N) is 5. The minimum atomic E-state index is -0.733. The Morgan fingerprint density at radius 2 is 1.94 bits per heavy atom. The smallest absolute Gasteiger partial charge is 0.415 e. The minimum absolute atomic E-state index is 0.0756. The number of aromatic nitrogens is 4. The monoisotopic (exact) mass is 500 g/mol. The Balaban J connectivity index is 1.53. The Morgan fingerprint density at radius 3 is 2.63 bits per heavy atom. The van der Waals surface area contributed by atoms with E-state index in [0.29, 0.717) is 5.02 Å². The summed E-state index contributed by atoms with van der Waals surface area (Å²) in [6.07, 6.45) is 3.92. The third-order valence-corrected chi connectivity index (χ3v) is 6.22. The van der Waals surface area contributed by atoms with Crippen LogP contribution in [0.2, 0.25) is 5.02 Å². The topological polar surface area (TPSA) is 85.2 Å². The fourth-order valence-electron chi connectivity index (χ4n) is 4.39. The summed E-state index contributed by atoms with van der Waals surface area (Å²) in [5, 5.41) is 8.16. The third kappa shape index (κ3) is 5.90. The predicted octanol–water partition coefficient (Wildman–Crippen LogP) is 6.03. The summed E-state index contributed by atoms with van der Waals surface area (Å²) in [5.74, 6) is -0.344. The van der Waals surface area contributed by atoms with Crippen LogP contribution in [0.15, 0.2) is 42.7 Å². The molecule has 0 radical (unpaired) electrons. The first-order chi connectivity index (χ1) is 16.5. The van der Waals surface area contributed by atoms with Gasteiger partial charge in [0.15, 0.2) is 0 Å². The summed E-state index contributed by atoms with van der Waals surface area (Å²) in [5.41, 5.74) is 1.79. The van der Waals surface area contributed by atoms with Crippen molar-refractivity contribution in [2.45, 2.75) is 53.1 Å². The third-order valence-electron chi connectivity index (χ3n) is 5.96. The van der Waals surface area contributed by atoms with Gasteiger partial charge in [0.2, 0.25) is 11.9 Å². The van der Waals surface area contributed by atoms with Crippen LogP contribution in [0.4, 0.5) is 21.0 Å². The Kier molecular flexibility index (Phi) is 6.98. The van der Waals surface area contributed by atoms with Crippen molar-refractivity contribution < 1.29 is 13.9 Å². The van der Waals surface area contributed by atoms with Crippen LogP contribution in [-0.4, -0.2) is 38.5 Å². The lowest BCUT2D eigenvalue weighted by molar-refractivity contribution is 0.174. The molecule has 1 aromatic carbocycles. The average molecular weight is 501 g/mol. The minimum Gasteiger partial charge on any atom is -0.447 e. The molecule has 8 nitrogen and oxygen atoms in total. The van der Waals surface area contributed by atoms with Crippen LogP contribution < -0.4 is 10.2 Å². The van der Waals surface area contributed by atoms with Crippen LogP contribution in [-0.2, 0) is 4.74 Å². The maximum absolute atomic E-state index is 14.5. The highest BCUT2D eigenvalue weighted by Crippen LogP contribution is 2.33. The van der Waals surface area contributed by atoms with Gasteiger partial charge in [-0.25, -0.2) is 9.48 Å². The Bertz CT molecular complexity index is 1190. The van der Waals surface area contributed by atoms with Gasteiger partial charge in [-0.2, -0.15) is 19.5 Å². The lowest BCUT2D eigenvalue weighted by atomic mass is 9.82. The molecule has 2 aromatic heterocycles. The Morgan fingerprint density at radius 1 is 1.23 bits per heavy atom. The second-order valence-electron chi connectivity index (χ2n) is 10.2. The van der Waals surface area contributed by atoms with Gasteiger partial charge >= 0.3 is 6.09 Å². The van der Waals surface area contributed by atoms with E-state index in [0.717, 1.165) is 23.7 Å². The number of carbonyl (C=O) groups excluding carboxylic acids is 1. The molecule has 3 atom stereocenters. The molecule has 1 fully saturated rings. The van der Waals surface area contributed by atoms with Gasteiger partial charge in [0.05, 0.1) is 24.0 Å². The van der Waals surface area contributed by atoms with Crippen molar-refractivity contribution in [2.24, 2.45) is 11.3 Å². The van der Waals surface area contributed by atoms with E-state index >= 15 is 0 Å². The van der Waals surface area contributed by atoms with Gasteiger partial charge in [0.1, 0.15) is 12.4 Å². The van der Waals surface area contributed by atoms with Crippen LogP contribution in [0.3, 0.4) is 0 Å². The zero-order chi connectivity index (χ0) is 25.3. The molecule has 0 bridgehead atoms. The van der Waals surface area contributed by atoms with Crippen LogP contribution in [0, 0.1) is 17.3 Å². The molecule has 35 heavy (non-hydrogen) atoms. The van der Waals surface area contributed by atoms with E-state index in [1.165, 1.54) is 4.90 Å². The zero-order valence-corrected chi connectivity index (χ0v) is 21.3. The Labute approximate surface area is 209 Å². The SMILES string of the molecule is C[C@H](Nc1nc(F)cc(N2C(=O)OC[C@@H]2[C@@H](C)CC(C)(C)C)n1)c1cnn(-c2ccc(Cl)cc2)c1. The molecular weight excluding hydrogens is 471 g/mol. The quantitative estimate of drug-likeness (QED) is 0.399. The fraction of sp³-hybridized carbons (Fsp3) is 0.440. The van der Waals surface area contributed by atoms with Gasteiger partial charge in [-0.3, -0.25) is 4.90 Å². The van der Waals surface area contributed by atoms with Crippen LogP contribution in [0.5, 0.6) is 0 Å². The summed E-state index contributed by atoms with van der Waals surface area (Å²) in [6.45, 7) is 10.7. The highest BCUT2D eigenvalue weighted by atomic mass is 35.5. The summed E-state index contributed by atoms with van der Waals surface area (Å²) in [7, 11) is 0. The van der Waals surface area contributed by atoms with Crippen molar-refractivity contribution in [1.29, 1.82) is 0 Å². The van der Waals surface area contributed by atoms with Gasteiger partial charge in [-0.1, -0.05) is 39.3 Å². The second-order valence-corrected chi connectivity index (χ2v) is 10.6. The highest BCUT2D eigenvalue weighted by Gasteiger charge is 2.40. The highest BCUT2D eigenvalue weighted by molar-refractivity contribution is 6.30. The van der Waals surface area contributed by atoms with Gasteiger partial charge in [-0.05, 0) is 48.9 Å². The first kappa shape index (κ1) is 24.9. The van der Waals surface area contributed by atoms with E-state index in [4.69, 9.17) is 16.3 Å². The van der Waals surface area contributed by atoms with E-state index in [9.17, 15) is 9.18 Å². The molecule has 1 aliphatic rings.